The molecule has 0 aliphatic heterocycles. The van der Waals surface area contributed by atoms with Crippen molar-refractivity contribution in [3.63, 3.8) is 0 Å². The first kappa shape index (κ1) is 18.9. The fraction of sp³-hybridized carbons (Fsp3) is 0.0357. The Hall–Kier alpha value is -4.11. The van der Waals surface area contributed by atoms with Crippen LogP contribution >= 0.6 is 0 Å². The van der Waals surface area contributed by atoms with Crippen LogP contribution in [0.25, 0.3) is 10.9 Å². The van der Waals surface area contributed by atoms with E-state index in [1.54, 1.807) is 0 Å². The molecule has 0 bridgehead atoms. The van der Waals surface area contributed by atoms with E-state index in [4.69, 9.17) is 9.73 Å². The van der Waals surface area contributed by atoms with Gasteiger partial charge in [0.2, 0.25) is 0 Å². The second-order valence-corrected chi connectivity index (χ2v) is 7.38. The number of rotatable bonds is 5. The fourth-order valence-corrected chi connectivity index (χ4v) is 3.78. The molecule has 0 N–H and O–H groups in total. The summed E-state index contributed by atoms with van der Waals surface area (Å²) in [6.07, 6.45) is 2.06. The molecular formula is C28H22N2O. The van der Waals surface area contributed by atoms with E-state index in [0.717, 1.165) is 44.9 Å². The first-order valence-electron chi connectivity index (χ1n) is 10.3. The summed E-state index contributed by atoms with van der Waals surface area (Å²) >= 11 is 0. The summed E-state index contributed by atoms with van der Waals surface area (Å²) < 4.78 is 8.35. The quantitative estimate of drug-likeness (QED) is 0.287. The molecule has 0 atom stereocenters. The Morgan fingerprint density at radius 2 is 1.26 bits per heavy atom. The highest BCUT2D eigenvalue weighted by Gasteiger charge is 2.15. The fourth-order valence-electron chi connectivity index (χ4n) is 3.78. The lowest BCUT2D eigenvalue weighted by molar-refractivity contribution is 0.488. The van der Waals surface area contributed by atoms with Crippen molar-refractivity contribution in [1.82, 2.24) is 4.57 Å². The normalized spacial score (nSPS) is 10.7. The van der Waals surface area contributed by atoms with E-state index < -0.39 is 0 Å². The molecule has 1 heterocycles. The first-order chi connectivity index (χ1) is 15.3. The Labute approximate surface area is 181 Å². The third-order valence-electron chi connectivity index (χ3n) is 5.25. The number of nitrogens with zero attached hydrogens (tertiary/aromatic N) is 2. The van der Waals surface area contributed by atoms with E-state index in [9.17, 15) is 0 Å². The maximum atomic E-state index is 6.26. The Morgan fingerprint density at radius 1 is 0.677 bits per heavy atom. The number of hydrogen-bond acceptors (Lipinski definition) is 2. The van der Waals surface area contributed by atoms with Gasteiger partial charge in [0, 0.05) is 24.4 Å². The molecule has 5 rings (SSSR count). The van der Waals surface area contributed by atoms with Crippen molar-refractivity contribution in [3.05, 3.63) is 127 Å². The Kier molecular flexibility index (Phi) is 5.07. The van der Waals surface area contributed by atoms with Crippen molar-refractivity contribution >= 4 is 22.3 Å². The van der Waals surface area contributed by atoms with Crippen LogP contribution in [-0.4, -0.2) is 10.3 Å². The van der Waals surface area contributed by atoms with Crippen molar-refractivity contribution in [1.29, 1.82) is 0 Å². The maximum Gasteiger partial charge on any atom is 0.138 e. The molecule has 5 aromatic rings. The summed E-state index contributed by atoms with van der Waals surface area (Å²) in [6.45, 7) is 0. The number of hydrogen-bond donors (Lipinski definition) is 0. The van der Waals surface area contributed by atoms with Crippen LogP contribution in [0, 0.1) is 0 Å². The predicted octanol–water partition coefficient (Wildman–Crippen LogP) is 7.14. The van der Waals surface area contributed by atoms with Crippen LogP contribution in [0.4, 0.5) is 5.69 Å². The summed E-state index contributed by atoms with van der Waals surface area (Å²) in [5.41, 5.74) is 5.04. The summed E-state index contributed by atoms with van der Waals surface area (Å²) in [7, 11) is 2.04. The highest BCUT2D eigenvalue weighted by Crippen LogP contribution is 2.38. The standard InChI is InChI=1S/C28H22N2O/c1-30-20-24(27-25(30)18-11-19-26(27)31-23-16-9-4-10-17-23)29-28(21-12-5-2-6-13-21)22-14-7-3-8-15-22/h2-20H,1H3. The minimum absolute atomic E-state index is 0.795. The molecule has 0 fully saturated rings. The summed E-state index contributed by atoms with van der Waals surface area (Å²) in [4.78, 5) is 5.17. The highest BCUT2D eigenvalue weighted by atomic mass is 16.5. The van der Waals surface area contributed by atoms with Crippen molar-refractivity contribution in [2.75, 3.05) is 0 Å². The number of aliphatic imine (C=N–C) groups is 1. The van der Waals surface area contributed by atoms with Crippen LogP contribution < -0.4 is 4.74 Å². The molecule has 150 valence electrons. The summed E-state index contributed by atoms with van der Waals surface area (Å²) in [6, 6.07) is 36.6. The molecule has 0 unspecified atom stereocenters. The second kappa shape index (κ2) is 8.33. The molecule has 0 aliphatic rings. The lowest BCUT2D eigenvalue weighted by Gasteiger charge is -2.10. The van der Waals surface area contributed by atoms with Gasteiger partial charge < -0.3 is 9.30 Å². The van der Waals surface area contributed by atoms with E-state index in [2.05, 4.69) is 41.1 Å². The van der Waals surface area contributed by atoms with Gasteiger partial charge in [-0.2, -0.15) is 0 Å². The minimum Gasteiger partial charge on any atom is -0.457 e. The summed E-state index contributed by atoms with van der Waals surface area (Å²) in [5.74, 6) is 1.60. The third-order valence-corrected chi connectivity index (χ3v) is 5.25. The third kappa shape index (κ3) is 3.86. The molecule has 0 saturated carbocycles. The molecule has 0 saturated heterocycles. The van der Waals surface area contributed by atoms with Gasteiger partial charge in [-0.15, -0.1) is 0 Å². The molecular weight excluding hydrogens is 380 g/mol. The van der Waals surface area contributed by atoms with Crippen molar-refractivity contribution in [2.45, 2.75) is 0 Å². The molecule has 0 spiro atoms. The van der Waals surface area contributed by atoms with Gasteiger partial charge in [0.25, 0.3) is 0 Å². The number of benzene rings is 4. The lowest BCUT2D eigenvalue weighted by Crippen LogP contribution is -2.02. The number of aryl methyl sites for hydroxylation is 1. The first-order valence-corrected chi connectivity index (χ1v) is 10.3. The van der Waals surface area contributed by atoms with Gasteiger partial charge in [-0.25, -0.2) is 4.99 Å². The van der Waals surface area contributed by atoms with Gasteiger partial charge in [0.15, 0.2) is 0 Å². The number of ether oxygens (including phenoxy) is 1. The largest absolute Gasteiger partial charge is 0.457 e. The van der Waals surface area contributed by atoms with E-state index >= 15 is 0 Å². The van der Waals surface area contributed by atoms with Gasteiger partial charge in [0.05, 0.1) is 22.3 Å². The van der Waals surface area contributed by atoms with E-state index in [-0.39, 0.29) is 0 Å². The average Bonchev–Trinajstić information content (AvgIpc) is 3.15. The zero-order valence-corrected chi connectivity index (χ0v) is 17.3. The zero-order chi connectivity index (χ0) is 21.0. The molecule has 0 amide bonds. The number of aromatic nitrogens is 1. The topological polar surface area (TPSA) is 26.5 Å². The van der Waals surface area contributed by atoms with Crippen LogP contribution in [0.15, 0.2) is 120 Å². The van der Waals surface area contributed by atoms with Gasteiger partial charge in [0.1, 0.15) is 11.5 Å². The van der Waals surface area contributed by atoms with Crippen LogP contribution in [0.1, 0.15) is 11.1 Å². The predicted molar refractivity (Wildman–Crippen MR) is 128 cm³/mol. The smallest absolute Gasteiger partial charge is 0.138 e. The molecule has 1 aromatic heterocycles. The van der Waals surface area contributed by atoms with Gasteiger partial charge in [-0.1, -0.05) is 84.9 Å². The van der Waals surface area contributed by atoms with Crippen LogP contribution in [0.2, 0.25) is 0 Å². The SMILES string of the molecule is Cn1cc(N=C(c2ccccc2)c2ccccc2)c2c(Oc3ccccc3)cccc21. The van der Waals surface area contributed by atoms with E-state index in [1.165, 1.54) is 0 Å². The highest BCUT2D eigenvalue weighted by molar-refractivity contribution is 6.15. The molecule has 31 heavy (non-hydrogen) atoms. The van der Waals surface area contributed by atoms with Gasteiger partial charge in [-0.3, -0.25) is 0 Å². The Morgan fingerprint density at radius 3 is 1.87 bits per heavy atom. The monoisotopic (exact) mass is 402 g/mol. The molecule has 3 heteroatoms. The van der Waals surface area contributed by atoms with E-state index in [1.807, 2.05) is 85.9 Å². The van der Waals surface area contributed by atoms with Crippen LogP contribution in [0.3, 0.4) is 0 Å². The van der Waals surface area contributed by atoms with E-state index in [0.29, 0.717) is 0 Å². The Bertz CT molecular complexity index is 1300. The average molecular weight is 402 g/mol. The van der Waals surface area contributed by atoms with Gasteiger partial charge in [-0.05, 0) is 24.3 Å². The molecule has 0 radical (unpaired) electrons. The summed E-state index contributed by atoms with van der Waals surface area (Å²) in [5, 5.41) is 0.998. The Balaban J connectivity index is 1.71. The zero-order valence-electron chi connectivity index (χ0n) is 17.3. The van der Waals surface area contributed by atoms with Crippen LogP contribution in [-0.2, 0) is 7.05 Å². The van der Waals surface area contributed by atoms with Crippen molar-refractivity contribution in [3.8, 4) is 11.5 Å². The number of fused-ring (bicyclic) bond motifs is 1. The lowest BCUT2D eigenvalue weighted by atomic mass is 10.0. The minimum atomic E-state index is 0.795. The molecule has 0 aliphatic carbocycles. The molecule has 3 nitrogen and oxygen atoms in total. The van der Waals surface area contributed by atoms with Crippen LogP contribution in [0.5, 0.6) is 11.5 Å². The number of para-hydroxylation sites is 1. The van der Waals surface area contributed by atoms with Gasteiger partial charge >= 0.3 is 0 Å². The molecule has 4 aromatic carbocycles. The second-order valence-electron chi connectivity index (χ2n) is 7.38. The van der Waals surface area contributed by atoms with Crippen molar-refractivity contribution < 1.29 is 4.74 Å². The van der Waals surface area contributed by atoms with Crippen molar-refractivity contribution in [2.24, 2.45) is 12.0 Å². The maximum absolute atomic E-state index is 6.26.